The van der Waals surface area contributed by atoms with Crippen molar-refractivity contribution in [3.05, 3.63) is 58.9 Å². The van der Waals surface area contributed by atoms with Gasteiger partial charge in [0.1, 0.15) is 11.6 Å². The lowest BCUT2D eigenvalue weighted by atomic mass is 10.1. The number of benzene rings is 2. The van der Waals surface area contributed by atoms with Crippen molar-refractivity contribution in [3.8, 4) is 6.07 Å². The molecule has 0 unspecified atom stereocenters. The summed E-state index contributed by atoms with van der Waals surface area (Å²) < 4.78 is 14.2. The van der Waals surface area contributed by atoms with Crippen LogP contribution in [-0.4, -0.2) is 17.7 Å². The average Bonchev–Trinajstić information content (AvgIpc) is 2.99. The van der Waals surface area contributed by atoms with E-state index in [-0.39, 0.29) is 12.0 Å². The molecule has 0 aliphatic carbocycles. The average molecular weight is 365 g/mol. The van der Waals surface area contributed by atoms with Crippen molar-refractivity contribution in [2.45, 2.75) is 27.2 Å². The first-order chi connectivity index (χ1) is 13.0. The Labute approximate surface area is 157 Å². The number of hydrogen-bond donors (Lipinski definition) is 1. The minimum Gasteiger partial charge on any atom is -0.341 e. The first kappa shape index (κ1) is 19.9. The van der Waals surface area contributed by atoms with Gasteiger partial charge in [-0.1, -0.05) is 19.1 Å². The molecule has 1 N–H and O–H groups in total. The summed E-state index contributed by atoms with van der Waals surface area (Å²) in [6.45, 7) is 6.74. The monoisotopic (exact) mass is 365 g/mol. The Balaban J connectivity index is 0.000000817. The Morgan fingerprint density at radius 2 is 1.85 bits per heavy atom. The minimum atomic E-state index is -0.172. The molecule has 0 saturated carbocycles. The summed E-state index contributed by atoms with van der Waals surface area (Å²) in [5.41, 5.74) is 4.18. The maximum Gasteiger partial charge on any atom is 0.373 e. The van der Waals surface area contributed by atoms with Gasteiger partial charge in [-0.3, -0.25) is 0 Å². The lowest BCUT2D eigenvalue weighted by molar-refractivity contribution is -0.191. The molecular weight excluding hydrogens is 345 g/mol. The van der Waals surface area contributed by atoms with Crippen molar-refractivity contribution < 1.29 is 14.0 Å². The van der Waals surface area contributed by atoms with Gasteiger partial charge in [0, 0.05) is 23.1 Å². The molecule has 3 aromatic rings. The number of fused-ring (bicyclic) bond motifs is 1. The van der Waals surface area contributed by atoms with Gasteiger partial charge in [0.05, 0.1) is 11.6 Å². The van der Waals surface area contributed by atoms with E-state index in [1.807, 2.05) is 51.1 Å². The van der Waals surface area contributed by atoms with Crippen LogP contribution in [0.5, 0.6) is 0 Å². The molecule has 0 saturated heterocycles. The van der Waals surface area contributed by atoms with Crippen molar-refractivity contribution in [3.63, 3.8) is 0 Å². The van der Waals surface area contributed by atoms with Gasteiger partial charge in [-0.25, -0.2) is 4.39 Å². The van der Waals surface area contributed by atoms with E-state index < -0.39 is 0 Å². The van der Waals surface area contributed by atoms with Gasteiger partial charge >= 0.3 is 6.15 Å². The molecule has 1 aromatic heterocycles. The number of aromatic nitrogens is 1. The predicted molar refractivity (Wildman–Crippen MR) is 101 cm³/mol. The third-order valence-electron chi connectivity index (χ3n) is 4.48. The van der Waals surface area contributed by atoms with E-state index in [9.17, 15) is 4.39 Å². The van der Waals surface area contributed by atoms with E-state index >= 15 is 0 Å². The van der Waals surface area contributed by atoms with Gasteiger partial charge in [-0.05, 0) is 55.7 Å². The summed E-state index contributed by atoms with van der Waals surface area (Å²) in [5.74, 6) is 0.764. The largest absolute Gasteiger partial charge is 0.373 e. The van der Waals surface area contributed by atoms with E-state index in [0.717, 1.165) is 33.5 Å². The Bertz CT molecular complexity index is 1030. The Hall–Kier alpha value is -3.42. The predicted octanol–water partition coefficient (Wildman–Crippen LogP) is 4.62. The highest BCUT2D eigenvalue weighted by molar-refractivity contribution is 5.90. The molecule has 2 aromatic carbocycles. The molecule has 6 heteroatoms. The quantitative estimate of drug-likeness (QED) is 0.732. The number of H-pyrrole nitrogens is 1. The Kier molecular flexibility index (Phi) is 6.48. The fourth-order valence-corrected chi connectivity index (χ4v) is 3.12. The Morgan fingerprint density at radius 1 is 1.15 bits per heavy atom. The lowest BCUT2D eigenvalue weighted by Crippen LogP contribution is -2.17. The van der Waals surface area contributed by atoms with Crippen molar-refractivity contribution >= 4 is 28.6 Å². The van der Waals surface area contributed by atoms with E-state index in [1.165, 1.54) is 0 Å². The lowest BCUT2D eigenvalue weighted by Gasteiger charge is -2.23. The van der Waals surface area contributed by atoms with Crippen molar-refractivity contribution in [1.29, 1.82) is 5.26 Å². The molecule has 0 aliphatic heterocycles. The summed E-state index contributed by atoms with van der Waals surface area (Å²) in [4.78, 5) is 21.7. The summed E-state index contributed by atoms with van der Waals surface area (Å²) in [5, 5.41) is 10.1. The van der Waals surface area contributed by atoms with Crippen LogP contribution in [0.3, 0.4) is 0 Å². The van der Waals surface area contributed by atoms with Crippen LogP contribution < -0.4 is 4.90 Å². The van der Waals surface area contributed by atoms with Gasteiger partial charge in [-0.2, -0.15) is 14.9 Å². The van der Waals surface area contributed by atoms with Crippen LogP contribution in [0.1, 0.15) is 30.5 Å². The molecule has 0 spiro atoms. The zero-order valence-electron chi connectivity index (χ0n) is 15.5. The number of halogens is 1. The van der Waals surface area contributed by atoms with Gasteiger partial charge < -0.3 is 9.88 Å². The molecule has 0 aliphatic rings. The zero-order valence-corrected chi connectivity index (χ0v) is 15.5. The highest BCUT2D eigenvalue weighted by Crippen LogP contribution is 2.33. The number of nitriles is 1. The second-order valence-corrected chi connectivity index (χ2v) is 5.93. The van der Waals surface area contributed by atoms with E-state index in [4.69, 9.17) is 14.9 Å². The molecule has 3 rings (SSSR count). The number of aryl methyl sites for hydroxylation is 2. The molecule has 0 fully saturated rings. The van der Waals surface area contributed by atoms with Crippen molar-refractivity contribution in [1.82, 2.24) is 4.98 Å². The first-order valence-electron chi connectivity index (χ1n) is 8.58. The topological polar surface area (TPSA) is 77.0 Å². The molecule has 0 bridgehead atoms. The van der Waals surface area contributed by atoms with Crippen LogP contribution in [0.25, 0.3) is 10.9 Å². The number of aromatic amines is 1. The SMILES string of the molecule is CCc1ccc(N(CC)c2[nH]c3cc(C#N)ccc3c2C)cc1F.O=C=O. The maximum atomic E-state index is 14.2. The normalized spacial score (nSPS) is 9.89. The van der Waals surface area contributed by atoms with Gasteiger partial charge in [-0.15, -0.1) is 0 Å². The molecular formula is C21H20FN3O2. The van der Waals surface area contributed by atoms with Crippen LogP contribution in [0.4, 0.5) is 15.9 Å². The standard InChI is InChI=1S/C20H20FN3.CO2/c1-4-15-7-8-16(11-18(15)21)24(5-2)20-13(3)17-9-6-14(12-22)10-19(17)23-20;2-1-3/h6-11,23H,4-5H2,1-3H3;. The number of anilines is 2. The number of nitrogens with zero attached hydrogens (tertiary/aromatic N) is 2. The van der Waals surface area contributed by atoms with Crippen LogP contribution in [0.2, 0.25) is 0 Å². The molecule has 5 nitrogen and oxygen atoms in total. The van der Waals surface area contributed by atoms with Crippen LogP contribution in [0.15, 0.2) is 36.4 Å². The highest BCUT2D eigenvalue weighted by atomic mass is 19.1. The fraction of sp³-hybridized carbons (Fsp3) is 0.238. The third kappa shape index (κ3) is 4.05. The highest BCUT2D eigenvalue weighted by Gasteiger charge is 2.16. The summed E-state index contributed by atoms with van der Waals surface area (Å²) >= 11 is 0. The van der Waals surface area contributed by atoms with Gasteiger partial charge in [0.15, 0.2) is 0 Å². The minimum absolute atomic E-state index is 0.172. The van der Waals surface area contributed by atoms with Crippen LogP contribution in [0, 0.1) is 24.1 Å². The molecule has 0 atom stereocenters. The van der Waals surface area contributed by atoms with Gasteiger partial charge in [0.25, 0.3) is 0 Å². The second kappa shape index (κ2) is 8.79. The van der Waals surface area contributed by atoms with Crippen molar-refractivity contribution in [2.75, 3.05) is 11.4 Å². The third-order valence-corrected chi connectivity index (χ3v) is 4.48. The van der Waals surface area contributed by atoms with Crippen molar-refractivity contribution in [2.24, 2.45) is 0 Å². The van der Waals surface area contributed by atoms with E-state index in [0.29, 0.717) is 18.5 Å². The Morgan fingerprint density at radius 3 is 2.41 bits per heavy atom. The van der Waals surface area contributed by atoms with E-state index in [1.54, 1.807) is 6.07 Å². The second-order valence-electron chi connectivity index (χ2n) is 5.93. The molecule has 0 radical (unpaired) electrons. The summed E-state index contributed by atoms with van der Waals surface area (Å²) in [6, 6.07) is 13.2. The number of hydrogen-bond acceptors (Lipinski definition) is 4. The molecule has 0 amide bonds. The number of carbonyl (C=O) groups excluding carboxylic acids is 2. The molecule has 27 heavy (non-hydrogen) atoms. The first-order valence-corrected chi connectivity index (χ1v) is 8.58. The fourth-order valence-electron chi connectivity index (χ4n) is 3.12. The zero-order chi connectivity index (χ0) is 20.0. The van der Waals surface area contributed by atoms with E-state index in [2.05, 4.69) is 16.0 Å². The smallest absolute Gasteiger partial charge is 0.341 e. The molecule has 1 heterocycles. The summed E-state index contributed by atoms with van der Waals surface area (Å²) in [7, 11) is 0. The maximum absolute atomic E-state index is 14.2. The number of rotatable bonds is 4. The number of nitrogens with one attached hydrogen (secondary N) is 1. The van der Waals surface area contributed by atoms with Crippen LogP contribution >= 0.6 is 0 Å². The molecule has 138 valence electrons. The van der Waals surface area contributed by atoms with Gasteiger partial charge in [0.2, 0.25) is 0 Å². The summed E-state index contributed by atoms with van der Waals surface area (Å²) in [6.07, 6.45) is 0.931. The van der Waals surface area contributed by atoms with Crippen LogP contribution in [-0.2, 0) is 16.0 Å².